The average molecular weight is 242 g/mol. The van der Waals surface area contributed by atoms with Gasteiger partial charge in [-0.15, -0.1) is 11.3 Å². The molecule has 3 aromatic rings. The number of fused-ring (bicyclic) bond motifs is 1. The van der Waals surface area contributed by atoms with E-state index in [1.54, 1.807) is 11.3 Å². The van der Waals surface area contributed by atoms with Crippen LogP contribution in [0.5, 0.6) is 0 Å². The van der Waals surface area contributed by atoms with Crippen molar-refractivity contribution in [1.29, 1.82) is 0 Å². The van der Waals surface area contributed by atoms with Gasteiger partial charge in [-0.3, -0.25) is 0 Å². The van der Waals surface area contributed by atoms with E-state index in [1.807, 2.05) is 6.20 Å². The Morgan fingerprint density at radius 3 is 3.00 bits per heavy atom. The van der Waals surface area contributed by atoms with Gasteiger partial charge in [-0.05, 0) is 42.6 Å². The molecule has 1 unspecified atom stereocenters. The van der Waals surface area contributed by atoms with Crippen molar-refractivity contribution in [2.45, 2.75) is 13.0 Å². The molecule has 0 aliphatic carbocycles. The SMILES string of the molecule is CC(Nc1ccc2[nH]ccc2c1)c1cccs1. The highest BCUT2D eigenvalue weighted by atomic mass is 32.1. The van der Waals surface area contributed by atoms with Crippen molar-refractivity contribution in [3.8, 4) is 0 Å². The first kappa shape index (κ1) is 10.4. The van der Waals surface area contributed by atoms with Crippen LogP contribution in [0.25, 0.3) is 10.9 Å². The second-order valence-corrected chi connectivity index (χ2v) is 5.14. The highest BCUT2D eigenvalue weighted by Gasteiger charge is 2.06. The molecular weight excluding hydrogens is 228 g/mol. The first-order valence-corrected chi connectivity index (χ1v) is 6.58. The maximum atomic E-state index is 3.52. The maximum absolute atomic E-state index is 3.52. The van der Waals surface area contributed by atoms with E-state index in [4.69, 9.17) is 0 Å². The van der Waals surface area contributed by atoms with Gasteiger partial charge >= 0.3 is 0 Å². The summed E-state index contributed by atoms with van der Waals surface area (Å²) in [4.78, 5) is 4.56. The van der Waals surface area contributed by atoms with Crippen molar-refractivity contribution in [2.24, 2.45) is 0 Å². The molecule has 1 atom stereocenters. The predicted molar refractivity (Wildman–Crippen MR) is 74.7 cm³/mol. The topological polar surface area (TPSA) is 27.8 Å². The second kappa shape index (κ2) is 4.26. The molecule has 0 saturated carbocycles. The van der Waals surface area contributed by atoms with E-state index >= 15 is 0 Å². The van der Waals surface area contributed by atoms with Crippen LogP contribution in [0.2, 0.25) is 0 Å². The fourth-order valence-corrected chi connectivity index (χ4v) is 2.74. The van der Waals surface area contributed by atoms with Crippen LogP contribution in [0, 0.1) is 0 Å². The lowest BCUT2D eigenvalue weighted by atomic mass is 10.2. The van der Waals surface area contributed by atoms with Crippen LogP contribution in [0.15, 0.2) is 48.0 Å². The van der Waals surface area contributed by atoms with Gasteiger partial charge in [0.15, 0.2) is 0 Å². The summed E-state index contributed by atoms with van der Waals surface area (Å²) in [5.74, 6) is 0. The summed E-state index contributed by atoms with van der Waals surface area (Å²) >= 11 is 1.79. The minimum absolute atomic E-state index is 0.353. The molecule has 0 amide bonds. The maximum Gasteiger partial charge on any atom is 0.0578 e. The number of H-pyrrole nitrogens is 1. The van der Waals surface area contributed by atoms with E-state index in [1.165, 1.54) is 15.8 Å². The lowest BCUT2D eigenvalue weighted by molar-refractivity contribution is 0.909. The number of aromatic amines is 1. The monoisotopic (exact) mass is 242 g/mol. The van der Waals surface area contributed by atoms with Crippen molar-refractivity contribution in [3.63, 3.8) is 0 Å². The number of aromatic nitrogens is 1. The van der Waals surface area contributed by atoms with E-state index in [2.05, 4.69) is 59.0 Å². The Morgan fingerprint density at radius 2 is 2.18 bits per heavy atom. The van der Waals surface area contributed by atoms with Gasteiger partial charge in [0.25, 0.3) is 0 Å². The number of thiophene rings is 1. The fraction of sp³-hybridized carbons (Fsp3) is 0.143. The molecule has 2 N–H and O–H groups in total. The largest absolute Gasteiger partial charge is 0.378 e. The van der Waals surface area contributed by atoms with E-state index < -0.39 is 0 Å². The van der Waals surface area contributed by atoms with Crippen molar-refractivity contribution >= 4 is 27.9 Å². The third-order valence-corrected chi connectivity index (χ3v) is 3.96. The third kappa shape index (κ3) is 2.06. The van der Waals surface area contributed by atoms with Gasteiger partial charge in [-0.1, -0.05) is 6.07 Å². The summed E-state index contributed by atoms with van der Waals surface area (Å²) in [6.45, 7) is 2.19. The molecule has 17 heavy (non-hydrogen) atoms. The molecular formula is C14H14N2S. The summed E-state index contributed by atoms with van der Waals surface area (Å²) in [5, 5.41) is 6.88. The van der Waals surface area contributed by atoms with E-state index in [-0.39, 0.29) is 0 Å². The van der Waals surface area contributed by atoms with Crippen molar-refractivity contribution in [2.75, 3.05) is 5.32 Å². The number of anilines is 1. The molecule has 0 saturated heterocycles. The first-order valence-electron chi connectivity index (χ1n) is 5.70. The van der Waals surface area contributed by atoms with Crippen LogP contribution in [0.3, 0.4) is 0 Å². The normalized spacial score (nSPS) is 12.8. The number of benzene rings is 1. The standard InChI is InChI=1S/C14H14N2S/c1-10(14-3-2-8-17-14)16-12-4-5-13-11(9-12)6-7-15-13/h2-10,15-16H,1H3. The van der Waals surface area contributed by atoms with Gasteiger partial charge in [-0.25, -0.2) is 0 Å². The predicted octanol–water partition coefficient (Wildman–Crippen LogP) is 4.40. The molecule has 2 aromatic heterocycles. The molecule has 0 spiro atoms. The minimum Gasteiger partial charge on any atom is -0.378 e. The number of nitrogens with one attached hydrogen (secondary N) is 2. The fourth-order valence-electron chi connectivity index (χ4n) is 2.00. The summed E-state index contributed by atoms with van der Waals surface area (Å²) in [7, 11) is 0. The zero-order valence-electron chi connectivity index (χ0n) is 9.60. The first-order chi connectivity index (χ1) is 8.33. The van der Waals surface area contributed by atoms with Gasteiger partial charge < -0.3 is 10.3 Å². The minimum atomic E-state index is 0.353. The highest BCUT2D eigenvalue weighted by Crippen LogP contribution is 2.25. The Bertz CT molecular complexity index is 610. The molecule has 0 bridgehead atoms. The number of hydrogen-bond acceptors (Lipinski definition) is 2. The van der Waals surface area contributed by atoms with Crippen LogP contribution in [-0.2, 0) is 0 Å². The lowest BCUT2D eigenvalue weighted by Gasteiger charge is -2.13. The number of rotatable bonds is 3. The van der Waals surface area contributed by atoms with Crippen LogP contribution < -0.4 is 5.32 Å². The summed E-state index contributed by atoms with van der Waals surface area (Å²) in [6.07, 6.45) is 1.97. The molecule has 0 aliphatic rings. The average Bonchev–Trinajstić information content (AvgIpc) is 2.99. The summed E-state index contributed by atoms with van der Waals surface area (Å²) in [5.41, 5.74) is 2.34. The highest BCUT2D eigenvalue weighted by molar-refractivity contribution is 7.10. The Balaban J connectivity index is 1.84. The molecule has 1 aromatic carbocycles. The zero-order chi connectivity index (χ0) is 11.7. The van der Waals surface area contributed by atoms with Gasteiger partial charge in [-0.2, -0.15) is 0 Å². The van der Waals surface area contributed by atoms with E-state index in [0.29, 0.717) is 6.04 Å². The summed E-state index contributed by atoms with van der Waals surface area (Å²) in [6, 6.07) is 13.1. The zero-order valence-corrected chi connectivity index (χ0v) is 10.4. The van der Waals surface area contributed by atoms with Crippen LogP contribution in [0.4, 0.5) is 5.69 Å². The van der Waals surface area contributed by atoms with E-state index in [9.17, 15) is 0 Å². The smallest absolute Gasteiger partial charge is 0.0578 e. The molecule has 0 fully saturated rings. The van der Waals surface area contributed by atoms with Crippen LogP contribution in [-0.4, -0.2) is 4.98 Å². The van der Waals surface area contributed by atoms with Gasteiger partial charge in [0.1, 0.15) is 0 Å². The molecule has 2 nitrogen and oxygen atoms in total. The van der Waals surface area contributed by atoms with Crippen LogP contribution >= 0.6 is 11.3 Å². The Hall–Kier alpha value is -1.74. The van der Waals surface area contributed by atoms with Crippen molar-refractivity contribution in [3.05, 3.63) is 52.9 Å². The molecule has 0 radical (unpaired) electrons. The molecule has 0 aliphatic heterocycles. The van der Waals surface area contributed by atoms with Crippen LogP contribution in [0.1, 0.15) is 17.8 Å². The van der Waals surface area contributed by atoms with Crippen molar-refractivity contribution in [1.82, 2.24) is 4.98 Å². The Kier molecular flexibility index (Phi) is 2.61. The number of hydrogen-bond donors (Lipinski definition) is 2. The lowest BCUT2D eigenvalue weighted by Crippen LogP contribution is -2.04. The van der Waals surface area contributed by atoms with E-state index in [0.717, 1.165) is 5.69 Å². The van der Waals surface area contributed by atoms with Gasteiger partial charge in [0, 0.05) is 27.7 Å². The second-order valence-electron chi connectivity index (χ2n) is 4.16. The quantitative estimate of drug-likeness (QED) is 0.700. The van der Waals surface area contributed by atoms with Gasteiger partial charge in [0.05, 0.1) is 6.04 Å². The summed E-state index contributed by atoms with van der Waals surface area (Å²) < 4.78 is 0. The molecule has 2 heterocycles. The third-order valence-electron chi connectivity index (χ3n) is 2.91. The molecule has 3 heteroatoms. The molecule has 86 valence electrons. The molecule has 3 rings (SSSR count). The Labute approximate surface area is 104 Å². The van der Waals surface area contributed by atoms with Crippen molar-refractivity contribution < 1.29 is 0 Å². The Morgan fingerprint density at radius 1 is 1.24 bits per heavy atom. The van der Waals surface area contributed by atoms with Gasteiger partial charge in [0.2, 0.25) is 0 Å².